The van der Waals surface area contributed by atoms with Crippen molar-refractivity contribution in [1.29, 1.82) is 0 Å². The molecule has 0 unspecified atom stereocenters. The molecule has 0 spiro atoms. The Morgan fingerprint density at radius 2 is 2.33 bits per heavy atom. The monoisotopic (exact) mass is 230 g/mol. The van der Waals surface area contributed by atoms with E-state index in [0.717, 1.165) is 12.0 Å². The van der Waals surface area contributed by atoms with Crippen LogP contribution in [0.2, 0.25) is 0 Å². The second-order valence-electron chi connectivity index (χ2n) is 2.98. The fraction of sp³-hybridized carbons (Fsp3) is 0.500. The van der Waals surface area contributed by atoms with Crippen LogP contribution in [0.1, 0.15) is 21.7 Å². The summed E-state index contributed by atoms with van der Waals surface area (Å²) >= 11 is 1.22. The normalized spacial score (nSPS) is 10.5. The first-order valence-corrected chi connectivity index (χ1v) is 5.50. The van der Waals surface area contributed by atoms with E-state index >= 15 is 0 Å². The van der Waals surface area contributed by atoms with Crippen LogP contribution in [-0.4, -0.2) is 31.4 Å². The Balaban J connectivity index is 2.31. The molecule has 0 fully saturated rings. The Morgan fingerprint density at radius 1 is 1.53 bits per heavy atom. The number of hydrogen-bond donors (Lipinski definition) is 1. The second-order valence-corrected chi connectivity index (χ2v) is 3.90. The van der Waals surface area contributed by atoms with Crippen LogP contribution in [0.15, 0.2) is 11.4 Å². The molecule has 0 aliphatic carbocycles. The van der Waals surface area contributed by atoms with E-state index in [1.165, 1.54) is 11.3 Å². The molecule has 0 amide bonds. The van der Waals surface area contributed by atoms with Crippen molar-refractivity contribution in [3.05, 3.63) is 21.9 Å². The van der Waals surface area contributed by atoms with Gasteiger partial charge >= 0.3 is 5.97 Å². The Hall–Kier alpha value is -0.910. The molecule has 4 nitrogen and oxygen atoms in total. The van der Waals surface area contributed by atoms with Gasteiger partial charge in [-0.3, -0.25) is 0 Å². The zero-order chi connectivity index (χ0) is 11.1. The lowest BCUT2D eigenvalue weighted by atomic mass is 10.3. The maximum atomic E-state index is 10.8. The lowest BCUT2D eigenvalue weighted by Gasteiger charge is -2.03. The number of hydrogen-bond acceptors (Lipinski definition) is 4. The first kappa shape index (κ1) is 12.2. The third-order valence-corrected chi connectivity index (χ3v) is 2.78. The van der Waals surface area contributed by atoms with Crippen molar-refractivity contribution in [1.82, 2.24) is 0 Å². The molecule has 0 aromatic carbocycles. The summed E-state index contributed by atoms with van der Waals surface area (Å²) in [7, 11) is 1.64. The third kappa shape index (κ3) is 3.99. The molecule has 1 aromatic rings. The fourth-order valence-electron chi connectivity index (χ4n) is 1.12. The summed E-state index contributed by atoms with van der Waals surface area (Å²) in [6.45, 7) is 1.60. The SMILES string of the molecule is COCCCOCc1ccsc1C(=O)O. The zero-order valence-electron chi connectivity index (χ0n) is 8.56. The van der Waals surface area contributed by atoms with E-state index in [9.17, 15) is 4.79 Å². The molecule has 5 heteroatoms. The van der Waals surface area contributed by atoms with Gasteiger partial charge < -0.3 is 14.6 Å². The number of ether oxygens (including phenoxy) is 2. The number of carboxylic acid groups (broad SMARTS) is 1. The lowest BCUT2D eigenvalue weighted by Crippen LogP contribution is -2.02. The lowest BCUT2D eigenvalue weighted by molar-refractivity contribution is 0.0687. The van der Waals surface area contributed by atoms with Crippen molar-refractivity contribution in [2.75, 3.05) is 20.3 Å². The van der Waals surface area contributed by atoms with E-state index in [-0.39, 0.29) is 0 Å². The molecule has 0 saturated carbocycles. The molecule has 0 radical (unpaired) electrons. The van der Waals surface area contributed by atoms with E-state index in [0.29, 0.717) is 24.7 Å². The number of carbonyl (C=O) groups is 1. The van der Waals surface area contributed by atoms with Crippen molar-refractivity contribution < 1.29 is 19.4 Å². The topological polar surface area (TPSA) is 55.8 Å². The van der Waals surface area contributed by atoms with Crippen LogP contribution in [-0.2, 0) is 16.1 Å². The summed E-state index contributed by atoms with van der Waals surface area (Å²) < 4.78 is 10.2. The van der Waals surface area contributed by atoms with Crippen LogP contribution in [0, 0.1) is 0 Å². The molecule has 0 bridgehead atoms. The van der Waals surface area contributed by atoms with Crippen molar-refractivity contribution in [3.8, 4) is 0 Å². The number of carboxylic acids is 1. The van der Waals surface area contributed by atoms with E-state index in [1.54, 1.807) is 18.6 Å². The molecule has 0 atom stereocenters. The predicted molar refractivity (Wildman–Crippen MR) is 57.4 cm³/mol. The zero-order valence-corrected chi connectivity index (χ0v) is 9.38. The van der Waals surface area contributed by atoms with Crippen LogP contribution < -0.4 is 0 Å². The van der Waals surface area contributed by atoms with E-state index in [2.05, 4.69) is 0 Å². The van der Waals surface area contributed by atoms with Crippen molar-refractivity contribution in [3.63, 3.8) is 0 Å². The van der Waals surface area contributed by atoms with Gasteiger partial charge in [-0.2, -0.15) is 0 Å². The van der Waals surface area contributed by atoms with Gasteiger partial charge in [-0.25, -0.2) is 4.79 Å². The number of methoxy groups -OCH3 is 1. The van der Waals surface area contributed by atoms with Crippen LogP contribution in [0.3, 0.4) is 0 Å². The number of rotatable bonds is 7. The molecular formula is C10H14O4S. The molecular weight excluding hydrogens is 216 g/mol. The summed E-state index contributed by atoms with van der Waals surface area (Å²) in [5, 5.41) is 10.6. The summed E-state index contributed by atoms with van der Waals surface area (Å²) in [5.41, 5.74) is 0.741. The summed E-state index contributed by atoms with van der Waals surface area (Å²) in [6, 6.07) is 1.78. The molecule has 15 heavy (non-hydrogen) atoms. The molecule has 1 rings (SSSR count). The van der Waals surface area contributed by atoms with Gasteiger partial charge in [0.05, 0.1) is 6.61 Å². The highest BCUT2D eigenvalue weighted by molar-refractivity contribution is 7.12. The molecule has 84 valence electrons. The average molecular weight is 230 g/mol. The van der Waals surface area contributed by atoms with Gasteiger partial charge in [-0.15, -0.1) is 11.3 Å². The van der Waals surface area contributed by atoms with Gasteiger partial charge in [0, 0.05) is 25.9 Å². The van der Waals surface area contributed by atoms with Gasteiger partial charge in [0.2, 0.25) is 0 Å². The van der Waals surface area contributed by atoms with Gasteiger partial charge in [0.15, 0.2) is 0 Å². The van der Waals surface area contributed by atoms with Crippen molar-refractivity contribution >= 4 is 17.3 Å². The highest BCUT2D eigenvalue weighted by atomic mass is 32.1. The fourth-order valence-corrected chi connectivity index (χ4v) is 1.87. The Bertz CT molecular complexity index is 308. The van der Waals surface area contributed by atoms with Gasteiger partial charge in [-0.05, 0) is 17.9 Å². The first-order chi connectivity index (χ1) is 7.25. The standard InChI is InChI=1S/C10H14O4S/c1-13-4-2-5-14-7-8-3-6-15-9(8)10(11)12/h3,6H,2,4-5,7H2,1H3,(H,11,12). The predicted octanol–water partition coefficient (Wildman–Crippen LogP) is 2.00. The van der Waals surface area contributed by atoms with Crippen molar-refractivity contribution in [2.24, 2.45) is 0 Å². The van der Waals surface area contributed by atoms with Crippen molar-refractivity contribution in [2.45, 2.75) is 13.0 Å². The minimum Gasteiger partial charge on any atom is -0.477 e. The van der Waals surface area contributed by atoms with Gasteiger partial charge in [-0.1, -0.05) is 0 Å². The molecule has 0 saturated heterocycles. The minimum atomic E-state index is -0.888. The highest BCUT2D eigenvalue weighted by Crippen LogP contribution is 2.17. The second kappa shape index (κ2) is 6.55. The molecule has 0 aliphatic rings. The summed E-state index contributed by atoms with van der Waals surface area (Å²) in [5.74, 6) is -0.888. The average Bonchev–Trinajstić information content (AvgIpc) is 2.66. The van der Waals surface area contributed by atoms with Crippen LogP contribution in [0.4, 0.5) is 0 Å². The van der Waals surface area contributed by atoms with Crippen LogP contribution in [0.5, 0.6) is 0 Å². The first-order valence-electron chi connectivity index (χ1n) is 4.62. The van der Waals surface area contributed by atoms with E-state index in [1.807, 2.05) is 0 Å². The Morgan fingerprint density at radius 3 is 3.00 bits per heavy atom. The van der Waals surface area contributed by atoms with E-state index < -0.39 is 5.97 Å². The smallest absolute Gasteiger partial charge is 0.346 e. The number of thiophene rings is 1. The maximum absolute atomic E-state index is 10.8. The maximum Gasteiger partial charge on any atom is 0.346 e. The molecule has 1 aromatic heterocycles. The Kier molecular flexibility index (Phi) is 5.31. The number of aromatic carboxylic acids is 1. The minimum absolute atomic E-state index is 0.356. The van der Waals surface area contributed by atoms with Crippen LogP contribution in [0.25, 0.3) is 0 Å². The van der Waals surface area contributed by atoms with E-state index in [4.69, 9.17) is 14.6 Å². The Labute approximate surface area is 92.4 Å². The van der Waals surface area contributed by atoms with Gasteiger partial charge in [0.1, 0.15) is 4.88 Å². The molecule has 1 heterocycles. The molecule has 1 N–H and O–H groups in total. The summed E-state index contributed by atoms with van der Waals surface area (Å²) in [4.78, 5) is 11.1. The largest absolute Gasteiger partial charge is 0.477 e. The summed E-state index contributed by atoms with van der Waals surface area (Å²) in [6.07, 6.45) is 0.822. The third-order valence-electron chi connectivity index (χ3n) is 1.84. The van der Waals surface area contributed by atoms with Crippen LogP contribution >= 0.6 is 11.3 Å². The van der Waals surface area contributed by atoms with Gasteiger partial charge in [0.25, 0.3) is 0 Å². The highest BCUT2D eigenvalue weighted by Gasteiger charge is 2.10. The molecule has 0 aliphatic heterocycles. The quantitative estimate of drug-likeness (QED) is 0.728.